The molecule has 66 heavy (non-hydrogen) atoms. The Balaban J connectivity index is 4.48. The summed E-state index contributed by atoms with van der Waals surface area (Å²) in [4.78, 5) is 38.1. The smallest absolute Gasteiger partial charge is 0.306 e. The number of carbonyl (C=O) groups excluding carboxylic acids is 3. The van der Waals surface area contributed by atoms with E-state index in [2.05, 4.69) is 118 Å². The lowest BCUT2D eigenvalue weighted by Crippen LogP contribution is -2.30. The maximum absolute atomic E-state index is 12.8. The fourth-order valence-corrected chi connectivity index (χ4v) is 7.36. The van der Waals surface area contributed by atoms with Crippen molar-refractivity contribution in [3.63, 3.8) is 0 Å². The van der Waals surface area contributed by atoms with Crippen molar-refractivity contribution in [2.45, 2.75) is 252 Å². The highest BCUT2D eigenvalue weighted by Gasteiger charge is 2.19. The molecule has 6 nitrogen and oxygen atoms in total. The second-order valence-corrected chi connectivity index (χ2v) is 17.8. The van der Waals surface area contributed by atoms with Gasteiger partial charge in [0.1, 0.15) is 13.2 Å². The first-order chi connectivity index (χ1) is 32.5. The molecule has 1 unspecified atom stereocenters. The molecule has 0 aliphatic carbocycles. The fourth-order valence-electron chi connectivity index (χ4n) is 7.36. The summed E-state index contributed by atoms with van der Waals surface area (Å²) in [5, 5.41) is 0. The van der Waals surface area contributed by atoms with Gasteiger partial charge in [-0.2, -0.15) is 0 Å². The fraction of sp³-hybridized carbons (Fsp3) is 0.683. The van der Waals surface area contributed by atoms with Gasteiger partial charge < -0.3 is 14.2 Å². The maximum Gasteiger partial charge on any atom is 0.306 e. The molecule has 0 aliphatic heterocycles. The first-order valence-corrected chi connectivity index (χ1v) is 27.3. The number of unbranched alkanes of at least 4 members (excludes halogenated alkanes) is 23. The van der Waals surface area contributed by atoms with Crippen LogP contribution >= 0.6 is 0 Å². The molecule has 0 spiro atoms. The summed E-state index contributed by atoms with van der Waals surface area (Å²) in [6.07, 6.45) is 71.1. The Kier molecular flexibility index (Phi) is 50.9. The molecule has 0 radical (unpaired) electrons. The summed E-state index contributed by atoms with van der Waals surface area (Å²) in [7, 11) is 0. The molecule has 0 bridgehead atoms. The van der Waals surface area contributed by atoms with Crippen LogP contribution in [0.2, 0.25) is 0 Å². The van der Waals surface area contributed by atoms with Crippen molar-refractivity contribution >= 4 is 17.9 Å². The van der Waals surface area contributed by atoms with Gasteiger partial charge >= 0.3 is 17.9 Å². The van der Waals surface area contributed by atoms with Crippen molar-refractivity contribution in [1.82, 2.24) is 0 Å². The molecule has 0 saturated heterocycles. The summed E-state index contributed by atoms with van der Waals surface area (Å²) < 4.78 is 16.8. The van der Waals surface area contributed by atoms with Crippen molar-refractivity contribution in [3.8, 4) is 0 Å². The van der Waals surface area contributed by atoms with Gasteiger partial charge in [0, 0.05) is 19.3 Å². The van der Waals surface area contributed by atoms with Crippen molar-refractivity contribution in [3.05, 3.63) is 97.2 Å². The van der Waals surface area contributed by atoms with Gasteiger partial charge in [-0.25, -0.2) is 0 Å². The van der Waals surface area contributed by atoms with Crippen LogP contribution in [0.1, 0.15) is 245 Å². The Morgan fingerprint density at radius 3 is 1.14 bits per heavy atom. The molecule has 0 rings (SSSR count). The summed E-state index contributed by atoms with van der Waals surface area (Å²) >= 11 is 0. The van der Waals surface area contributed by atoms with Gasteiger partial charge in [0.05, 0.1) is 0 Å². The Labute approximate surface area is 407 Å². The first kappa shape index (κ1) is 62.3. The summed E-state index contributed by atoms with van der Waals surface area (Å²) in [5.74, 6) is -0.969. The number of rotatable bonds is 48. The van der Waals surface area contributed by atoms with Crippen LogP contribution in [0.5, 0.6) is 0 Å². The third kappa shape index (κ3) is 51.3. The molecule has 0 N–H and O–H groups in total. The van der Waals surface area contributed by atoms with Gasteiger partial charge in [-0.15, -0.1) is 0 Å². The van der Waals surface area contributed by atoms with Crippen LogP contribution in [-0.4, -0.2) is 37.2 Å². The van der Waals surface area contributed by atoms with Crippen molar-refractivity contribution in [2.75, 3.05) is 13.2 Å². The summed E-state index contributed by atoms with van der Waals surface area (Å²) in [5.41, 5.74) is 0. The highest BCUT2D eigenvalue weighted by molar-refractivity contribution is 5.71. The molecule has 0 aromatic heterocycles. The molecule has 0 aromatic carbocycles. The highest BCUT2D eigenvalue weighted by atomic mass is 16.6. The Bertz CT molecular complexity index is 1330. The highest BCUT2D eigenvalue weighted by Crippen LogP contribution is 2.15. The molecule has 0 saturated carbocycles. The van der Waals surface area contributed by atoms with E-state index < -0.39 is 6.10 Å². The lowest BCUT2D eigenvalue weighted by Gasteiger charge is -2.18. The number of hydrogen-bond donors (Lipinski definition) is 0. The lowest BCUT2D eigenvalue weighted by molar-refractivity contribution is -0.167. The SMILES string of the molecule is CC\C=C/C=C\C=C/CCCCCCCCCC(=O)OCC(COC(=O)CCC/C=C\C/C=C\C/C=C\C/C=C\C/C=C\CC)OC(=O)CCCCCCCCCCCCCCCCCC. The third-order valence-electron chi connectivity index (χ3n) is 11.4. The van der Waals surface area contributed by atoms with E-state index in [1.165, 1.54) is 109 Å². The van der Waals surface area contributed by atoms with Gasteiger partial charge in [0.2, 0.25) is 0 Å². The van der Waals surface area contributed by atoms with E-state index in [-0.39, 0.29) is 37.5 Å². The predicted molar refractivity (Wildman–Crippen MR) is 284 cm³/mol. The van der Waals surface area contributed by atoms with Crippen LogP contribution in [0.3, 0.4) is 0 Å². The number of esters is 3. The zero-order valence-electron chi connectivity index (χ0n) is 42.9. The van der Waals surface area contributed by atoms with Crippen LogP contribution in [0.4, 0.5) is 0 Å². The van der Waals surface area contributed by atoms with Crippen LogP contribution in [-0.2, 0) is 28.6 Å². The summed E-state index contributed by atoms with van der Waals surface area (Å²) in [6.45, 7) is 6.34. The van der Waals surface area contributed by atoms with Crippen molar-refractivity contribution < 1.29 is 28.6 Å². The molecule has 0 aromatic rings. The lowest BCUT2D eigenvalue weighted by atomic mass is 10.0. The molecule has 0 aliphatic rings. The minimum atomic E-state index is -0.804. The van der Waals surface area contributed by atoms with Crippen LogP contribution < -0.4 is 0 Å². The summed E-state index contributed by atoms with van der Waals surface area (Å²) in [6, 6.07) is 0. The Morgan fingerprint density at radius 1 is 0.333 bits per heavy atom. The normalized spacial score (nSPS) is 12.8. The third-order valence-corrected chi connectivity index (χ3v) is 11.4. The topological polar surface area (TPSA) is 78.9 Å². The number of hydrogen-bond acceptors (Lipinski definition) is 6. The molecule has 0 fully saturated rings. The van der Waals surface area contributed by atoms with Gasteiger partial charge in [0.25, 0.3) is 0 Å². The molecular formula is C60H100O6. The van der Waals surface area contributed by atoms with E-state index in [9.17, 15) is 14.4 Å². The average molecular weight is 917 g/mol. The average Bonchev–Trinajstić information content (AvgIpc) is 3.31. The number of carbonyl (C=O) groups is 3. The monoisotopic (exact) mass is 917 g/mol. The van der Waals surface area contributed by atoms with Crippen LogP contribution in [0, 0.1) is 0 Å². The molecule has 6 heteroatoms. The maximum atomic E-state index is 12.8. The number of allylic oxidation sites excluding steroid dienone is 16. The standard InChI is InChI=1S/C60H100O6/c1-4-7-10-13-16-19-22-25-28-30-33-35-38-41-44-47-50-53-59(62)65-56-57(55-64-58(61)52-49-46-43-40-37-34-31-27-24-21-18-15-12-9-6-3)66-60(63)54-51-48-45-42-39-36-32-29-26-23-20-17-14-11-8-5-2/h7,9-10,12,15-16,18-19,21,24-25,28,33,35,41,44,57H,4-6,8,11,13-14,17,20,22-23,26-27,29-32,34,36-40,42-43,45-56H2,1-3H3/b10-7-,12-9-,18-15-,19-16-,24-21-,28-25-,35-33-,44-41-. The van der Waals surface area contributed by atoms with Crippen LogP contribution in [0.25, 0.3) is 0 Å². The minimum Gasteiger partial charge on any atom is -0.462 e. The largest absolute Gasteiger partial charge is 0.462 e. The van der Waals surface area contributed by atoms with E-state index in [1.807, 2.05) is 0 Å². The molecule has 376 valence electrons. The van der Waals surface area contributed by atoms with E-state index in [1.54, 1.807) is 0 Å². The molecular weight excluding hydrogens is 817 g/mol. The second kappa shape index (κ2) is 53.9. The molecule has 1 atom stereocenters. The van der Waals surface area contributed by atoms with Gasteiger partial charge in [-0.3, -0.25) is 14.4 Å². The van der Waals surface area contributed by atoms with Gasteiger partial charge in [-0.1, -0.05) is 246 Å². The van der Waals surface area contributed by atoms with Crippen molar-refractivity contribution in [2.24, 2.45) is 0 Å². The van der Waals surface area contributed by atoms with E-state index in [0.717, 1.165) is 89.9 Å². The predicted octanol–water partition coefficient (Wildman–Crippen LogP) is 18.1. The van der Waals surface area contributed by atoms with Gasteiger partial charge in [0.15, 0.2) is 6.10 Å². The van der Waals surface area contributed by atoms with E-state index >= 15 is 0 Å². The molecule has 0 amide bonds. The van der Waals surface area contributed by atoms with Crippen molar-refractivity contribution in [1.29, 1.82) is 0 Å². The Morgan fingerprint density at radius 2 is 0.682 bits per heavy atom. The first-order valence-electron chi connectivity index (χ1n) is 27.3. The van der Waals surface area contributed by atoms with Gasteiger partial charge in [-0.05, 0) is 77.0 Å². The molecule has 0 heterocycles. The minimum absolute atomic E-state index is 0.101. The van der Waals surface area contributed by atoms with E-state index in [4.69, 9.17) is 14.2 Å². The Hall–Kier alpha value is -3.67. The quantitative estimate of drug-likeness (QED) is 0.0199. The van der Waals surface area contributed by atoms with E-state index in [0.29, 0.717) is 19.3 Å². The zero-order valence-corrected chi connectivity index (χ0v) is 42.9. The zero-order chi connectivity index (χ0) is 47.9. The van der Waals surface area contributed by atoms with Crippen LogP contribution in [0.15, 0.2) is 97.2 Å². The second-order valence-electron chi connectivity index (χ2n) is 17.8. The number of ether oxygens (including phenoxy) is 3.